The van der Waals surface area contributed by atoms with Gasteiger partial charge in [-0.3, -0.25) is 5.10 Å². The number of H-pyrrole nitrogens is 1. The minimum absolute atomic E-state index is 0.170. The van der Waals surface area contributed by atoms with E-state index in [0.717, 1.165) is 42.8 Å². The van der Waals surface area contributed by atoms with Gasteiger partial charge in [0, 0.05) is 12.2 Å². The molecule has 0 unspecified atom stereocenters. The first-order chi connectivity index (χ1) is 9.16. The normalized spacial score (nSPS) is 10.9. The van der Waals surface area contributed by atoms with Crippen LogP contribution in [0, 0.1) is 19.7 Å². The van der Waals surface area contributed by atoms with Crippen LogP contribution in [0.3, 0.4) is 0 Å². The molecule has 0 spiro atoms. The number of halogens is 1. The average molecular weight is 261 g/mol. The first-order valence-corrected chi connectivity index (χ1v) is 6.61. The van der Waals surface area contributed by atoms with Gasteiger partial charge in [0.1, 0.15) is 5.82 Å². The molecule has 2 N–H and O–H groups in total. The minimum atomic E-state index is -0.170. The Bertz CT molecular complexity index is 534. The molecule has 0 saturated heterocycles. The molecule has 0 atom stereocenters. The van der Waals surface area contributed by atoms with Crippen LogP contribution in [-0.2, 0) is 13.0 Å². The van der Waals surface area contributed by atoms with Crippen molar-refractivity contribution < 1.29 is 4.39 Å². The molecule has 0 bridgehead atoms. The standard InChI is InChI=1S/C15H20FN3/c1-11-8-15(16)6-5-13(11)9-17-7-3-4-14-10-18-19-12(14)2/h5-6,8,10,17H,3-4,7,9H2,1-2H3,(H,18,19). The van der Waals surface area contributed by atoms with Crippen LogP contribution in [0.25, 0.3) is 0 Å². The van der Waals surface area contributed by atoms with Gasteiger partial charge in [-0.2, -0.15) is 5.10 Å². The van der Waals surface area contributed by atoms with Crippen LogP contribution in [0.2, 0.25) is 0 Å². The van der Waals surface area contributed by atoms with Crippen LogP contribution < -0.4 is 5.32 Å². The van der Waals surface area contributed by atoms with E-state index in [-0.39, 0.29) is 5.82 Å². The summed E-state index contributed by atoms with van der Waals surface area (Å²) < 4.78 is 13.0. The molecule has 1 aromatic carbocycles. The average Bonchev–Trinajstić information content (AvgIpc) is 2.77. The van der Waals surface area contributed by atoms with Crippen molar-refractivity contribution in [3.05, 3.63) is 52.6 Å². The molecule has 0 aliphatic carbocycles. The number of aryl methyl sites for hydroxylation is 3. The third kappa shape index (κ3) is 3.89. The molecule has 4 heteroatoms. The Hall–Kier alpha value is -1.68. The van der Waals surface area contributed by atoms with Gasteiger partial charge in [0.05, 0.1) is 6.20 Å². The van der Waals surface area contributed by atoms with E-state index >= 15 is 0 Å². The molecule has 19 heavy (non-hydrogen) atoms. The SMILES string of the molecule is Cc1cc(F)ccc1CNCCCc1cn[nH]c1C. The predicted octanol–water partition coefficient (Wildman–Crippen LogP) is 2.89. The maximum atomic E-state index is 13.0. The molecule has 3 nitrogen and oxygen atoms in total. The molecule has 0 fully saturated rings. The van der Waals surface area contributed by atoms with Crippen molar-refractivity contribution in [3.63, 3.8) is 0 Å². The number of hydrogen-bond acceptors (Lipinski definition) is 2. The smallest absolute Gasteiger partial charge is 0.123 e. The van der Waals surface area contributed by atoms with Crippen LogP contribution in [0.5, 0.6) is 0 Å². The Balaban J connectivity index is 1.71. The highest BCUT2D eigenvalue weighted by Gasteiger charge is 2.01. The van der Waals surface area contributed by atoms with E-state index in [1.54, 1.807) is 6.07 Å². The molecule has 102 valence electrons. The quantitative estimate of drug-likeness (QED) is 0.785. The second-order valence-corrected chi connectivity index (χ2v) is 4.87. The molecule has 0 amide bonds. The van der Waals surface area contributed by atoms with Crippen molar-refractivity contribution in [2.45, 2.75) is 33.2 Å². The summed E-state index contributed by atoms with van der Waals surface area (Å²) in [5.41, 5.74) is 4.58. The molecule has 0 saturated carbocycles. The monoisotopic (exact) mass is 261 g/mol. The van der Waals surface area contributed by atoms with Gasteiger partial charge in [0.25, 0.3) is 0 Å². The van der Waals surface area contributed by atoms with Crippen LogP contribution in [0.4, 0.5) is 4.39 Å². The molecular formula is C15H20FN3. The van der Waals surface area contributed by atoms with Crippen molar-refractivity contribution in [3.8, 4) is 0 Å². The van der Waals surface area contributed by atoms with Gasteiger partial charge in [-0.15, -0.1) is 0 Å². The maximum absolute atomic E-state index is 13.0. The zero-order chi connectivity index (χ0) is 13.7. The zero-order valence-electron chi connectivity index (χ0n) is 11.5. The summed E-state index contributed by atoms with van der Waals surface area (Å²) in [6.45, 7) is 5.71. The van der Waals surface area contributed by atoms with Gasteiger partial charge in [0.2, 0.25) is 0 Å². The third-order valence-corrected chi connectivity index (χ3v) is 3.35. The van der Waals surface area contributed by atoms with E-state index in [4.69, 9.17) is 0 Å². The Kier molecular flexibility index (Phi) is 4.68. The first-order valence-electron chi connectivity index (χ1n) is 6.61. The Morgan fingerprint density at radius 2 is 2.11 bits per heavy atom. The molecule has 1 aromatic heterocycles. The lowest BCUT2D eigenvalue weighted by atomic mass is 10.1. The van der Waals surface area contributed by atoms with Crippen molar-refractivity contribution in [1.82, 2.24) is 15.5 Å². The van der Waals surface area contributed by atoms with E-state index in [9.17, 15) is 4.39 Å². The second kappa shape index (κ2) is 6.48. The molecule has 1 heterocycles. The summed E-state index contributed by atoms with van der Waals surface area (Å²) in [5, 5.41) is 10.3. The van der Waals surface area contributed by atoms with Crippen molar-refractivity contribution in [2.75, 3.05) is 6.54 Å². The van der Waals surface area contributed by atoms with Crippen molar-refractivity contribution in [1.29, 1.82) is 0 Å². The molecular weight excluding hydrogens is 241 g/mol. The number of benzene rings is 1. The van der Waals surface area contributed by atoms with E-state index < -0.39 is 0 Å². The highest BCUT2D eigenvalue weighted by atomic mass is 19.1. The lowest BCUT2D eigenvalue weighted by Crippen LogP contribution is -2.16. The Morgan fingerprint density at radius 3 is 2.79 bits per heavy atom. The summed E-state index contributed by atoms with van der Waals surface area (Å²) in [4.78, 5) is 0. The highest BCUT2D eigenvalue weighted by Crippen LogP contribution is 2.10. The summed E-state index contributed by atoms with van der Waals surface area (Å²) in [6, 6.07) is 4.93. The zero-order valence-corrected chi connectivity index (χ0v) is 11.5. The minimum Gasteiger partial charge on any atom is -0.313 e. The summed E-state index contributed by atoms with van der Waals surface area (Å²) in [6.07, 6.45) is 3.98. The fourth-order valence-electron chi connectivity index (χ4n) is 2.11. The lowest BCUT2D eigenvalue weighted by molar-refractivity contribution is 0.620. The molecule has 0 aliphatic heterocycles. The molecule has 2 rings (SSSR count). The van der Waals surface area contributed by atoms with Gasteiger partial charge < -0.3 is 5.32 Å². The van der Waals surface area contributed by atoms with Crippen LogP contribution in [0.15, 0.2) is 24.4 Å². The molecule has 2 aromatic rings. The van der Waals surface area contributed by atoms with Crippen LogP contribution >= 0.6 is 0 Å². The number of aromatic amines is 1. The van der Waals surface area contributed by atoms with Gasteiger partial charge >= 0.3 is 0 Å². The van der Waals surface area contributed by atoms with Crippen LogP contribution in [0.1, 0.15) is 28.8 Å². The second-order valence-electron chi connectivity index (χ2n) is 4.87. The predicted molar refractivity (Wildman–Crippen MR) is 74.5 cm³/mol. The molecule has 0 radical (unpaired) electrons. The summed E-state index contributed by atoms with van der Waals surface area (Å²) >= 11 is 0. The number of nitrogens with zero attached hydrogens (tertiary/aromatic N) is 1. The topological polar surface area (TPSA) is 40.7 Å². The van der Waals surface area contributed by atoms with Crippen LogP contribution in [-0.4, -0.2) is 16.7 Å². The Labute approximate surface area is 113 Å². The van der Waals surface area contributed by atoms with Gasteiger partial charge in [-0.25, -0.2) is 4.39 Å². The Morgan fingerprint density at radius 1 is 1.26 bits per heavy atom. The number of rotatable bonds is 6. The first kappa shape index (κ1) is 13.7. The highest BCUT2D eigenvalue weighted by molar-refractivity contribution is 5.26. The van der Waals surface area contributed by atoms with E-state index in [2.05, 4.69) is 15.5 Å². The fourth-order valence-corrected chi connectivity index (χ4v) is 2.11. The van der Waals surface area contributed by atoms with E-state index in [1.165, 1.54) is 11.6 Å². The van der Waals surface area contributed by atoms with Gasteiger partial charge in [-0.1, -0.05) is 6.07 Å². The summed E-state index contributed by atoms with van der Waals surface area (Å²) in [7, 11) is 0. The van der Waals surface area contributed by atoms with Gasteiger partial charge in [-0.05, 0) is 62.1 Å². The van der Waals surface area contributed by atoms with Crippen molar-refractivity contribution >= 4 is 0 Å². The lowest BCUT2D eigenvalue weighted by Gasteiger charge is -2.07. The number of hydrogen-bond donors (Lipinski definition) is 2. The number of nitrogens with one attached hydrogen (secondary N) is 2. The summed E-state index contributed by atoms with van der Waals surface area (Å²) in [5.74, 6) is -0.170. The van der Waals surface area contributed by atoms with Gasteiger partial charge in [0.15, 0.2) is 0 Å². The maximum Gasteiger partial charge on any atom is 0.123 e. The van der Waals surface area contributed by atoms with E-state index in [1.807, 2.05) is 26.1 Å². The molecule has 0 aliphatic rings. The number of aromatic nitrogens is 2. The fraction of sp³-hybridized carbons (Fsp3) is 0.400. The largest absolute Gasteiger partial charge is 0.313 e. The third-order valence-electron chi connectivity index (χ3n) is 3.35. The van der Waals surface area contributed by atoms with E-state index in [0.29, 0.717) is 0 Å². The van der Waals surface area contributed by atoms with Crippen molar-refractivity contribution in [2.24, 2.45) is 0 Å².